The van der Waals surface area contributed by atoms with Crippen LogP contribution in [0.15, 0.2) is 70.6 Å². The molecule has 0 saturated heterocycles. The molecule has 0 atom stereocenters. The van der Waals surface area contributed by atoms with Crippen LogP contribution in [-0.4, -0.2) is 31.4 Å². The number of aromatic amines is 1. The highest BCUT2D eigenvalue weighted by atomic mass is 32.2. The van der Waals surface area contributed by atoms with E-state index in [4.69, 9.17) is 0 Å². The maximum absolute atomic E-state index is 13.9. The number of aryl methyl sites for hydroxylation is 2. The van der Waals surface area contributed by atoms with E-state index in [-0.39, 0.29) is 23.5 Å². The molecule has 0 radical (unpaired) electrons. The maximum Gasteiger partial charge on any atom is 0.252 e. The summed E-state index contributed by atoms with van der Waals surface area (Å²) < 4.78 is 37.4. The van der Waals surface area contributed by atoms with Crippen LogP contribution in [0.5, 0.6) is 0 Å². The number of pyridine rings is 2. The van der Waals surface area contributed by atoms with Crippen molar-refractivity contribution in [3.63, 3.8) is 0 Å². The van der Waals surface area contributed by atoms with Crippen LogP contribution in [-0.2, 0) is 23.1 Å². The Labute approximate surface area is 200 Å². The SMILES string of the molecule is Cc1cc2cc(CN(Cc3cccnc3)S(=O)(=O)c3cccc4nsnc34)c(=O)[nH]c2cc1C. The van der Waals surface area contributed by atoms with Gasteiger partial charge in [-0.15, -0.1) is 0 Å². The van der Waals surface area contributed by atoms with Gasteiger partial charge in [-0.1, -0.05) is 12.1 Å². The Morgan fingerprint density at radius 1 is 1.00 bits per heavy atom. The summed E-state index contributed by atoms with van der Waals surface area (Å²) in [7, 11) is -4.02. The number of benzene rings is 2. The van der Waals surface area contributed by atoms with Gasteiger partial charge in [0.2, 0.25) is 10.0 Å². The van der Waals surface area contributed by atoms with Gasteiger partial charge in [-0.05, 0) is 72.3 Å². The first-order valence-corrected chi connectivity index (χ1v) is 12.7. The third kappa shape index (κ3) is 4.11. The van der Waals surface area contributed by atoms with E-state index in [0.717, 1.165) is 33.8 Å². The van der Waals surface area contributed by atoms with Crippen molar-refractivity contribution < 1.29 is 8.42 Å². The highest BCUT2D eigenvalue weighted by molar-refractivity contribution is 7.89. The lowest BCUT2D eigenvalue weighted by Gasteiger charge is -2.22. The molecule has 0 unspecified atom stereocenters. The molecule has 0 saturated carbocycles. The number of hydrogen-bond donors (Lipinski definition) is 1. The van der Waals surface area contributed by atoms with E-state index in [1.807, 2.05) is 26.0 Å². The number of hydrogen-bond acceptors (Lipinski definition) is 7. The summed E-state index contributed by atoms with van der Waals surface area (Å²) in [5.74, 6) is 0. The highest BCUT2D eigenvalue weighted by Gasteiger charge is 2.29. The van der Waals surface area contributed by atoms with Gasteiger partial charge in [0.05, 0.1) is 11.7 Å². The van der Waals surface area contributed by atoms with E-state index in [1.54, 1.807) is 42.7 Å². The topological polar surface area (TPSA) is 109 Å². The van der Waals surface area contributed by atoms with Crippen molar-refractivity contribution in [2.45, 2.75) is 31.8 Å². The van der Waals surface area contributed by atoms with Gasteiger partial charge in [0.15, 0.2) is 0 Å². The summed E-state index contributed by atoms with van der Waals surface area (Å²) in [6.07, 6.45) is 3.24. The Kier molecular flexibility index (Phi) is 5.72. The monoisotopic (exact) mass is 491 g/mol. The third-order valence-electron chi connectivity index (χ3n) is 5.83. The summed E-state index contributed by atoms with van der Waals surface area (Å²) in [6, 6.07) is 14.1. The van der Waals surface area contributed by atoms with Crippen molar-refractivity contribution in [1.82, 2.24) is 23.0 Å². The largest absolute Gasteiger partial charge is 0.322 e. The fourth-order valence-electron chi connectivity index (χ4n) is 3.88. The molecule has 0 bridgehead atoms. The van der Waals surface area contributed by atoms with Crippen LogP contribution in [0.2, 0.25) is 0 Å². The molecule has 2 aromatic carbocycles. The molecule has 5 aromatic rings. The normalized spacial score (nSPS) is 12.1. The van der Waals surface area contributed by atoms with Crippen LogP contribution >= 0.6 is 11.7 Å². The average molecular weight is 492 g/mol. The number of rotatable bonds is 6. The minimum absolute atomic E-state index is 0.0501. The van der Waals surface area contributed by atoms with Crippen LogP contribution in [0.25, 0.3) is 21.9 Å². The molecule has 10 heteroatoms. The first-order chi connectivity index (χ1) is 16.3. The zero-order valence-corrected chi connectivity index (χ0v) is 20.2. The molecule has 172 valence electrons. The predicted molar refractivity (Wildman–Crippen MR) is 132 cm³/mol. The van der Waals surface area contributed by atoms with E-state index in [1.165, 1.54) is 10.4 Å². The van der Waals surface area contributed by atoms with Crippen molar-refractivity contribution in [2.75, 3.05) is 0 Å². The van der Waals surface area contributed by atoms with Crippen molar-refractivity contribution in [2.24, 2.45) is 0 Å². The number of nitrogens with one attached hydrogen (secondary N) is 1. The smallest absolute Gasteiger partial charge is 0.252 e. The molecule has 34 heavy (non-hydrogen) atoms. The van der Waals surface area contributed by atoms with Gasteiger partial charge in [-0.2, -0.15) is 13.1 Å². The molecule has 3 heterocycles. The highest BCUT2D eigenvalue weighted by Crippen LogP contribution is 2.27. The fraction of sp³-hybridized carbons (Fsp3) is 0.167. The van der Waals surface area contributed by atoms with E-state index in [9.17, 15) is 13.2 Å². The Morgan fingerprint density at radius 3 is 2.62 bits per heavy atom. The molecule has 0 aliphatic heterocycles. The number of aromatic nitrogens is 4. The first-order valence-electron chi connectivity index (χ1n) is 10.6. The van der Waals surface area contributed by atoms with E-state index in [0.29, 0.717) is 22.2 Å². The van der Waals surface area contributed by atoms with Gasteiger partial charge >= 0.3 is 0 Å². The molecule has 0 fully saturated rings. The average Bonchev–Trinajstić information content (AvgIpc) is 3.30. The van der Waals surface area contributed by atoms with Crippen molar-refractivity contribution in [3.8, 4) is 0 Å². The number of nitrogens with zero attached hydrogens (tertiary/aromatic N) is 4. The number of H-pyrrole nitrogens is 1. The van der Waals surface area contributed by atoms with Crippen LogP contribution in [0.1, 0.15) is 22.3 Å². The predicted octanol–water partition coefficient (Wildman–Crippen LogP) is 3.94. The van der Waals surface area contributed by atoms with Gasteiger partial charge in [0.25, 0.3) is 5.56 Å². The Bertz CT molecular complexity index is 1680. The molecular weight excluding hydrogens is 470 g/mol. The second-order valence-corrected chi connectivity index (χ2v) is 10.6. The summed E-state index contributed by atoms with van der Waals surface area (Å²) >= 11 is 0.961. The number of sulfonamides is 1. The molecule has 0 aliphatic carbocycles. The molecule has 3 aromatic heterocycles. The van der Waals surface area contributed by atoms with E-state index >= 15 is 0 Å². The second kappa shape index (κ2) is 8.71. The molecular formula is C24H21N5O3S2. The van der Waals surface area contributed by atoms with E-state index < -0.39 is 10.0 Å². The minimum Gasteiger partial charge on any atom is -0.322 e. The maximum atomic E-state index is 13.9. The molecule has 1 N–H and O–H groups in total. The molecule has 0 spiro atoms. The van der Waals surface area contributed by atoms with Crippen LogP contribution in [0, 0.1) is 13.8 Å². The molecule has 0 amide bonds. The number of fused-ring (bicyclic) bond motifs is 2. The molecule has 8 nitrogen and oxygen atoms in total. The zero-order chi connectivity index (χ0) is 23.9. The Balaban J connectivity index is 1.62. The van der Waals surface area contributed by atoms with Gasteiger partial charge < -0.3 is 4.98 Å². The lowest BCUT2D eigenvalue weighted by atomic mass is 10.0. The second-order valence-electron chi connectivity index (χ2n) is 8.17. The van der Waals surface area contributed by atoms with Crippen LogP contribution in [0.4, 0.5) is 0 Å². The quantitative estimate of drug-likeness (QED) is 0.385. The lowest BCUT2D eigenvalue weighted by molar-refractivity contribution is 0.400. The van der Waals surface area contributed by atoms with Gasteiger partial charge in [-0.3, -0.25) is 9.78 Å². The van der Waals surface area contributed by atoms with Crippen LogP contribution < -0.4 is 5.56 Å². The van der Waals surface area contributed by atoms with Crippen LogP contribution in [0.3, 0.4) is 0 Å². The standard InChI is InChI=1S/C24H21N5O3S2/c1-15-9-18-11-19(24(30)26-21(18)10-16(15)2)14-29(13-17-5-4-8-25-12-17)34(31,32)22-7-3-6-20-23(22)28-33-27-20/h3-12H,13-14H2,1-2H3,(H,26,30). The summed E-state index contributed by atoms with van der Waals surface area (Å²) in [6.45, 7) is 3.93. The Morgan fingerprint density at radius 2 is 1.82 bits per heavy atom. The molecule has 5 rings (SSSR count). The fourth-order valence-corrected chi connectivity index (χ4v) is 6.04. The van der Waals surface area contributed by atoms with Gasteiger partial charge in [-0.25, -0.2) is 8.42 Å². The van der Waals surface area contributed by atoms with Crippen molar-refractivity contribution in [1.29, 1.82) is 0 Å². The first kappa shape index (κ1) is 22.3. The van der Waals surface area contributed by atoms with E-state index in [2.05, 4.69) is 18.7 Å². The van der Waals surface area contributed by atoms with Gasteiger partial charge in [0, 0.05) is 36.6 Å². The third-order valence-corrected chi connectivity index (χ3v) is 8.20. The lowest BCUT2D eigenvalue weighted by Crippen LogP contribution is -2.32. The summed E-state index contributed by atoms with van der Waals surface area (Å²) in [5.41, 5.74) is 4.45. The zero-order valence-electron chi connectivity index (χ0n) is 18.5. The van der Waals surface area contributed by atoms with Crippen molar-refractivity contribution in [3.05, 3.63) is 93.5 Å². The summed E-state index contributed by atoms with van der Waals surface area (Å²) in [5, 5.41) is 0.849. The van der Waals surface area contributed by atoms with Crippen molar-refractivity contribution >= 4 is 43.7 Å². The Hall–Kier alpha value is -3.47. The summed E-state index contributed by atoms with van der Waals surface area (Å²) in [4.78, 5) is 20.0. The van der Waals surface area contributed by atoms with Gasteiger partial charge in [0.1, 0.15) is 15.9 Å². The minimum atomic E-state index is -4.02. The molecule has 0 aliphatic rings.